The van der Waals surface area contributed by atoms with Gasteiger partial charge in [-0.2, -0.15) is 0 Å². The van der Waals surface area contributed by atoms with Crippen LogP contribution in [0.4, 0.5) is 4.79 Å². The van der Waals surface area contributed by atoms with Gasteiger partial charge in [0, 0.05) is 11.1 Å². The summed E-state index contributed by atoms with van der Waals surface area (Å²) < 4.78 is 0. The molecular formula is C9H17ClN2O3. The molecular weight excluding hydrogens is 220 g/mol. The summed E-state index contributed by atoms with van der Waals surface area (Å²) in [5.41, 5.74) is 5.11. The smallest absolute Gasteiger partial charge is 0.405 e. The van der Waals surface area contributed by atoms with Crippen LogP contribution < -0.4 is 11.1 Å². The minimum Gasteiger partial charge on any atom is -0.465 e. The molecule has 3 rings (SSSR count). The molecule has 0 aromatic heterocycles. The first kappa shape index (κ1) is 12.5. The van der Waals surface area contributed by atoms with Crippen LogP contribution in [0.15, 0.2) is 0 Å². The molecule has 5 N–H and O–H groups in total. The molecule has 6 heteroatoms. The molecule has 5 nitrogen and oxygen atoms in total. The van der Waals surface area contributed by atoms with Gasteiger partial charge in [-0.05, 0) is 32.1 Å². The average Bonchev–Trinajstić information content (AvgIpc) is 2.07. The molecule has 3 fully saturated rings. The third kappa shape index (κ3) is 2.04. The summed E-state index contributed by atoms with van der Waals surface area (Å²) in [7, 11) is 0. The van der Waals surface area contributed by atoms with E-state index in [9.17, 15) is 9.90 Å². The van der Waals surface area contributed by atoms with Crippen molar-refractivity contribution in [3.63, 3.8) is 0 Å². The molecule has 0 aromatic rings. The molecule has 0 saturated heterocycles. The minimum absolute atomic E-state index is 0. The zero-order valence-corrected chi connectivity index (χ0v) is 9.22. The van der Waals surface area contributed by atoms with Gasteiger partial charge in [0.1, 0.15) is 0 Å². The van der Waals surface area contributed by atoms with Gasteiger partial charge >= 0.3 is 6.09 Å². The normalized spacial score (nSPS) is 43.2. The van der Waals surface area contributed by atoms with Crippen molar-refractivity contribution in [2.45, 2.75) is 49.3 Å². The van der Waals surface area contributed by atoms with Gasteiger partial charge in [-0.25, -0.2) is 4.79 Å². The van der Waals surface area contributed by atoms with Crippen LogP contribution in [0.25, 0.3) is 0 Å². The van der Waals surface area contributed by atoms with E-state index in [4.69, 9.17) is 10.8 Å². The predicted molar refractivity (Wildman–Crippen MR) is 57.1 cm³/mol. The fourth-order valence-electron chi connectivity index (χ4n) is 2.71. The molecule has 0 aromatic carbocycles. The lowest BCUT2D eigenvalue weighted by molar-refractivity contribution is -0.0415. The van der Waals surface area contributed by atoms with Crippen LogP contribution in [-0.2, 0) is 0 Å². The number of hydrogen-bond donors (Lipinski definition) is 4. The number of rotatable bonds is 1. The van der Waals surface area contributed by atoms with Crippen LogP contribution in [0.2, 0.25) is 0 Å². The Morgan fingerprint density at radius 2 is 1.87 bits per heavy atom. The largest absolute Gasteiger partial charge is 0.465 e. The molecule has 0 heterocycles. The first-order chi connectivity index (χ1) is 6.46. The summed E-state index contributed by atoms with van der Waals surface area (Å²) in [4.78, 5) is 10.6. The van der Waals surface area contributed by atoms with Gasteiger partial charge in [0.05, 0.1) is 6.10 Å². The first-order valence-corrected chi connectivity index (χ1v) is 4.94. The Balaban J connectivity index is 0.00000112. The lowest BCUT2D eigenvalue weighted by Gasteiger charge is -2.54. The monoisotopic (exact) mass is 236 g/mol. The lowest BCUT2D eigenvalue weighted by Crippen LogP contribution is -2.67. The Kier molecular flexibility index (Phi) is 3.19. The molecule has 3 aliphatic carbocycles. The van der Waals surface area contributed by atoms with E-state index in [-0.39, 0.29) is 12.4 Å². The van der Waals surface area contributed by atoms with Crippen LogP contribution in [0.5, 0.6) is 0 Å². The fraction of sp³-hybridized carbons (Fsp3) is 0.889. The van der Waals surface area contributed by atoms with Gasteiger partial charge in [0.25, 0.3) is 0 Å². The van der Waals surface area contributed by atoms with Crippen molar-refractivity contribution in [3.8, 4) is 0 Å². The molecule has 1 unspecified atom stereocenters. The Morgan fingerprint density at radius 1 is 1.33 bits per heavy atom. The number of halogens is 1. The number of hydrogen-bond acceptors (Lipinski definition) is 3. The van der Waals surface area contributed by atoms with E-state index in [0.29, 0.717) is 19.3 Å². The summed E-state index contributed by atoms with van der Waals surface area (Å²) in [6, 6.07) is 0. The fourth-order valence-corrected chi connectivity index (χ4v) is 2.71. The highest BCUT2D eigenvalue weighted by atomic mass is 35.5. The van der Waals surface area contributed by atoms with E-state index in [1.165, 1.54) is 0 Å². The number of amides is 1. The predicted octanol–water partition coefficient (Wildman–Crippen LogP) is 0.451. The first-order valence-electron chi connectivity index (χ1n) is 4.94. The van der Waals surface area contributed by atoms with Gasteiger partial charge in [-0.3, -0.25) is 0 Å². The second-order valence-corrected chi connectivity index (χ2v) is 4.66. The maximum atomic E-state index is 10.6. The van der Waals surface area contributed by atoms with E-state index in [1.807, 2.05) is 0 Å². The van der Waals surface area contributed by atoms with Crippen LogP contribution in [0, 0.1) is 0 Å². The Labute approximate surface area is 94.4 Å². The topological polar surface area (TPSA) is 95.6 Å². The van der Waals surface area contributed by atoms with Crippen LogP contribution >= 0.6 is 12.4 Å². The van der Waals surface area contributed by atoms with Crippen molar-refractivity contribution < 1.29 is 15.0 Å². The number of fused-ring (bicyclic) bond motifs is 3. The van der Waals surface area contributed by atoms with Crippen LogP contribution in [-0.4, -0.2) is 33.5 Å². The molecule has 2 bridgehead atoms. The highest BCUT2D eigenvalue weighted by molar-refractivity contribution is 5.85. The zero-order chi connectivity index (χ0) is 10.4. The number of carbonyl (C=O) groups is 1. The summed E-state index contributed by atoms with van der Waals surface area (Å²) in [5, 5.41) is 21.0. The average molecular weight is 237 g/mol. The Bertz CT molecular complexity index is 264. The van der Waals surface area contributed by atoms with Gasteiger partial charge in [-0.15, -0.1) is 12.4 Å². The van der Waals surface area contributed by atoms with E-state index in [2.05, 4.69) is 5.32 Å². The number of carboxylic acid groups (broad SMARTS) is 1. The standard InChI is InChI=1S/C9H16N2O3.ClH/c10-9-3-1-8(2-4-9,5-6(9)12)11-7(13)14;/h6,11-12H,1-5,10H2,(H,13,14);1H. The number of nitrogens with one attached hydrogen (secondary N) is 1. The summed E-state index contributed by atoms with van der Waals surface area (Å²) in [6.07, 6.45) is 1.76. The zero-order valence-electron chi connectivity index (χ0n) is 8.40. The van der Waals surface area contributed by atoms with Crippen LogP contribution in [0.3, 0.4) is 0 Å². The van der Waals surface area contributed by atoms with Crippen molar-refractivity contribution >= 4 is 18.5 Å². The molecule has 1 amide bonds. The van der Waals surface area contributed by atoms with Crippen molar-refractivity contribution in [3.05, 3.63) is 0 Å². The van der Waals surface area contributed by atoms with Gasteiger partial charge < -0.3 is 21.3 Å². The summed E-state index contributed by atoms with van der Waals surface area (Å²) in [5.74, 6) is 0. The van der Waals surface area contributed by atoms with Gasteiger partial charge in [0.2, 0.25) is 0 Å². The van der Waals surface area contributed by atoms with Crippen LogP contribution in [0.1, 0.15) is 32.1 Å². The molecule has 88 valence electrons. The number of nitrogens with two attached hydrogens (primary N) is 1. The van der Waals surface area contributed by atoms with Crippen molar-refractivity contribution in [1.29, 1.82) is 0 Å². The molecule has 0 aliphatic heterocycles. The lowest BCUT2D eigenvalue weighted by atomic mass is 9.60. The van der Waals surface area contributed by atoms with E-state index >= 15 is 0 Å². The maximum Gasteiger partial charge on any atom is 0.405 e. The Morgan fingerprint density at radius 3 is 2.27 bits per heavy atom. The van der Waals surface area contributed by atoms with E-state index < -0.39 is 23.3 Å². The van der Waals surface area contributed by atoms with Crippen molar-refractivity contribution in [2.24, 2.45) is 5.73 Å². The third-order valence-electron chi connectivity index (χ3n) is 3.76. The van der Waals surface area contributed by atoms with Crippen molar-refractivity contribution in [1.82, 2.24) is 5.32 Å². The summed E-state index contributed by atoms with van der Waals surface area (Å²) in [6.45, 7) is 0. The van der Waals surface area contributed by atoms with E-state index in [0.717, 1.165) is 12.8 Å². The second-order valence-electron chi connectivity index (χ2n) is 4.66. The number of aliphatic hydroxyl groups is 1. The molecule has 15 heavy (non-hydrogen) atoms. The van der Waals surface area contributed by atoms with Gasteiger partial charge in [-0.1, -0.05) is 0 Å². The number of aliphatic hydroxyl groups excluding tert-OH is 1. The SMILES string of the molecule is Cl.NC12CCC(NC(=O)O)(CC1)CC2O. The Hall–Kier alpha value is -0.520. The second kappa shape index (κ2) is 3.81. The third-order valence-corrected chi connectivity index (χ3v) is 3.76. The molecule has 0 spiro atoms. The molecule has 0 radical (unpaired) electrons. The minimum atomic E-state index is -1.01. The molecule has 3 aliphatic rings. The van der Waals surface area contributed by atoms with Crippen molar-refractivity contribution in [2.75, 3.05) is 0 Å². The van der Waals surface area contributed by atoms with Gasteiger partial charge in [0.15, 0.2) is 0 Å². The quantitative estimate of drug-likeness (QED) is 0.532. The molecule has 3 saturated carbocycles. The highest BCUT2D eigenvalue weighted by Crippen LogP contribution is 2.45. The highest BCUT2D eigenvalue weighted by Gasteiger charge is 2.52. The van der Waals surface area contributed by atoms with E-state index in [1.54, 1.807) is 0 Å². The molecule has 1 atom stereocenters. The summed E-state index contributed by atoms with van der Waals surface area (Å²) >= 11 is 0. The maximum absolute atomic E-state index is 10.6.